The number of aryl methyl sites for hydroxylation is 1. The van der Waals surface area contributed by atoms with Crippen molar-refractivity contribution in [3.63, 3.8) is 0 Å². The first-order chi connectivity index (χ1) is 19.5. The van der Waals surface area contributed by atoms with E-state index in [0.29, 0.717) is 24.4 Å². The number of alkyl carbamates (subject to hydrolysis) is 1. The molecule has 0 radical (unpaired) electrons. The van der Waals surface area contributed by atoms with Gasteiger partial charge in [-0.3, -0.25) is 9.20 Å². The van der Waals surface area contributed by atoms with Crippen molar-refractivity contribution in [1.82, 2.24) is 24.9 Å². The Kier molecular flexibility index (Phi) is 11.8. The predicted molar refractivity (Wildman–Crippen MR) is 171 cm³/mol. The predicted octanol–water partition coefficient (Wildman–Crippen LogP) is 5.01. The van der Waals surface area contributed by atoms with Crippen LogP contribution in [0.2, 0.25) is 0 Å². The number of fused-ring (bicyclic) bond motifs is 3. The molecule has 1 amide bonds. The summed E-state index contributed by atoms with van der Waals surface area (Å²) in [6, 6.07) is 5.81. The zero-order valence-electron chi connectivity index (χ0n) is 25.9. The fraction of sp³-hybridized carbons (Fsp3) is 0.633. The van der Waals surface area contributed by atoms with Gasteiger partial charge >= 0.3 is 6.09 Å². The lowest BCUT2D eigenvalue weighted by atomic mass is 9.96. The first-order valence-corrected chi connectivity index (χ1v) is 14.8. The van der Waals surface area contributed by atoms with E-state index >= 15 is 0 Å². The molecule has 2 aromatic heterocycles. The molecule has 2 N–H and O–H groups in total. The van der Waals surface area contributed by atoms with Crippen molar-refractivity contribution in [2.45, 2.75) is 98.5 Å². The van der Waals surface area contributed by atoms with Gasteiger partial charge in [-0.1, -0.05) is 20.3 Å². The lowest BCUT2D eigenvalue weighted by Gasteiger charge is -2.36. The molecule has 3 heterocycles. The first-order valence-electron chi connectivity index (χ1n) is 14.8. The van der Waals surface area contributed by atoms with E-state index in [9.17, 15) is 9.59 Å². The number of anilines is 2. The van der Waals surface area contributed by atoms with E-state index in [1.165, 1.54) is 0 Å². The molecule has 1 aliphatic rings. The average molecular weight is 602 g/mol. The zero-order valence-corrected chi connectivity index (χ0v) is 26.9. The summed E-state index contributed by atoms with van der Waals surface area (Å²) in [5, 5.41) is 14.9. The van der Waals surface area contributed by atoms with Crippen LogP contribution in [0, 0.1) is 12.8 Å². The van der Waals surface area contributed by atoms with Gasteiger partial charge in [-0.05, 0) is 71.6 Å². The highest BCUT2D eigenvalue weighted by Gasteiger charge is 2.25. The number of morpholine rings is 1. The maximum Gasteiger partial charge on any atom is 0.407 e. The van der Waals surface area contributed by atoms with Crippen molar-refractivity contribution in [2.75, 3.05) is 29.9 Å². The number of hydrogen-bond acceptors (Lipinski definition) is 9. The van der Waals surface area contributed by atoms with E-state index in [-0.39, 0.29) is 43.5 Å². The summed E-state index contributed by atoms with van der Waals surface area (Å²) >= 11 is 0. The van der Waals surface area contributed by atoms with Crippen molar-refractivity contribution in [1.29, 1.82) is 0 Å². The summed E-state index contributed by atoms with van der Waals surface area (Å²) in [7, 11) is 0. The van der Waals surface area contributed by atoms with Gasteiger partial charge in [0, 0.05) is 31.7 Å². The quantitative estimate of drug-likeness (QED) is 0.276. The summed E-state index contributed by atoms with van der Waals surface area (Å²) in [5.41, 5.74) is 3.67. The summed E-state index contributed by atoms with van der Waals surface area (Å²) in [6.07, 6.45) is 2.46. The molecular formula is C30H47N7O4S. The molecule has 3 aromatic rings. The highest BCUT2D eigenvalue weighted by Crippen LogP contribution is 2.27. The van der Waals surface area contributed by atoms with Gasteiger partial charge in [0.2, 0.25) is 5.65 Å². The molecule has 232 valence electrons. The summed E-state index contributed by atoms with van der Waals surface area (Å²) in [6.45, 7) is 16.0. The molecule has 4 rings (SSSR count). The van der Waals surface area contributed by atoms with Crippen LogP contribution in [-0.4, -0.2) is 75.4 Å². The second-order valence-corrected chi connectivity index (χ2v) is 11.7. The van der Waals surface area contributed by atoms with Crippen molar-refractivity contribution in [2.24, 2.45) is 5.92 Å². The Bertz CT molecular complexity index is 1350. The Hall–Kier alpha value is -3.12. The fourth-order valence-corrected chi connectivity index (χ4v) is 5.43. The van der Waals surface area contributed by atoms with Gasteiger partial charge in [-0.15, -0.1) is 10.2 Å². The highest BCUT2D eigenvalue weighted by atomic mass is 32.1. The van der Waals surface area contributed by atoms with Crippen LogP contribution in [0.3, 0.4) is 0 Å². The third kappa shape index (κ3) is 8.25. The van der Waals surface area contributed by atoms with Crippen molar-refractivity contribution in [3.8, 4) is 0 Å². The van der Waals surface area contributed by atoms with Crippen LogP contribution < -0.4 is 15.5 Å². The van der Waals surface area contributed by atoms with Crippen LogP contribution >= 0.6 is 13.5 Å². The van der Waals surface area contributed by atoms with Gasteiger partial charge in [-0.2, -0.15) is 13.5 Å². The standard InChI is InChI=1S/C30H45N7O4.H2S/c1-18(2)27(33-30(39)40-19(3)4)26(38)11-9-8-10-14-31-28-29-35-34-22(7)37(29)25-13-12-23(15-24(25)32-28)36-16-20(5)41-21(6)17-36;/h12-13,15,18-21,27H,8-11,14,16-17H2,1-7H3,(H,31,32)(H,33,39);1H2/t20-,21+,27-;/m0./s1. The molecule has 0 aliphatic carbocycles. The number of rotatable bonds is 12. The van der Waals surface area contributed by atoms with Crippen LogP contribution in [0.15, 0.2) is 18.2 Å². The molecule has 12 heteroatoms. The number of amides is 1. The van der Waals surface area contributed by atoms with E-state index in [0.717, 1.165) is 54.9 Å². The lowest BCUT2D eigenvalue weighted by Crippen LogP contribution is -2.45. The Labute approximate surface area is 255 Å². The van der Waals surface area contributed by atoms with Gasteiger partial charge in [0.15, 0.2) is 11.6 Å². The van der Waals surface area contributed by atoms with E-state index in [2.05, 4.69) is 57.8 Å². The van der Waals surface area contributed by atoms with Crippen molar-refractivity contribution >= 4 is 53.6 Å². The monoisotopic (exact) mass is 601 g/mol. The number of benzene rings is 1. The second kappa shape index (κ2) is 14.9. The number of hydrogen-bond donors (Lipinski definition) is 2. The molecule has 0 unspecified atom stereocenters. The molecule has 1 aromatic carbocycles. The maximum absolute atomic E-state index is 12.8. The minimum Gasteiger partial charge on any atom is -0.447 e. The van der Waals surface area contributed by atoms with E-state index < -0.39 is 12.1 Å². The minimum absolute atomic E-state index is 0. The smallest absolute Gasteiger partial charge is 0.407 e. The number of nitrogens with one attached hydrogen (secondary N) is 2. The number of nitrogens with zero attached hydrogens (tertiary/aromatic N) is 5. The van der Waals surface area contributed by atoms with Gasteiger partial charge in [0.1, 0.15) is 5.82 Å². The van der Waals surface area contributed by atoms with Crippen molar-refractivity contribution in [3.05, 3.63) is 24.0 Å². The third-order valence-electron chi connectivity index (χ3n) is 7.28. The number of carbonyl (C=O) groups is 2. The van der Waals surface area contributed by atoms with Gasteiger partial charge in [0.25, 0.3) is 0 Å². The van der Waals surface area contributed by atoms with Crippen LogP contribution in [0.5, 0.6) is 0 Å². The summed E-state index contributed by atoms with van der Waals surface area (Å²) < 4.78 is 13.1. The van der Waals surface area contributed by atoms with E-state index in [4.69, 9.17) is 14.5 Å². The average Bonchev–Trinajstić information content (AvgIpc) is 3.29. The molecule has 11 nitrogen and oxygen atoms in total. The number of Topliss-reactive ketones (excluding diaryl/α,β-unsaturated/α-hetero) is 1. The topological polar surface area (TPSA) is 123 Å². The number of ether oxygens (including phenoxy) is 2. The highest BCUT2D eigenvalue weighted by molar-refractivity contribution is 7.59. The summed E-state index contributed by atoms with van der Waals surface area (Å²) in [4.78, 5) is 32.1. The Morgan fingerprint density at radius 2 is 1.79 bits per heavy atom. The third-order valence-corrected chi connectivity index (χ3v) is 7.28. The van der Waals surface area contributed by atoms with Gasteiger partial charge < -0.3 is 25.0 Å². The number of unbranched alkanes of at least 4 members (excludes halogenated alkanes) is 2. The SMILES string of the molecule is Cc1nnc2c(NCCCCCC(=O)[C@@H](NC(=O)OC(C)C)C(C)C)nc3cc(N4C[C@@H](C)O[C@@H](C)C4)ccc3n12.S. The van der Waals surface area contributed by atoms with Crippen molar-refractivity contribution < 1.29 is 19.1 Å². The molecule has 42 heavy (non-hydrogen) atoms. The molecule has 0 saturated carbocycles. The molecule has 0 spiro atoms. The first kappa shape index (κ1) is 33.4. The molecule has 3 atom stereocenters. The summed E-state index contributed by atoms with van der Waals surface area (Å²) in [5.74, 6) is 1.53. The largest absolute Gasteiger partial charge is 0.447 e. The molecular weight excluding hydrogens is 554 g/mol. The Morgan fingerprint density at radius 3 is 2.45 bits per heavy atom. The van der Waals surface area contributed by atoms with E-state index in [1.807, 2.05) is 25.2 Å². The van der Waals surface area contributed by atoms with Gasteiger partial charge in [0.05, 0.1) is 35.4 Å². The number of aromatic nitrogens is 4. The minimum atomic E-state index is -0.546. The Balaban J connectivity index is 0.00000484. The van der Waals surface area contributed by atoms with Crippen LogP contribution in [0.1, 0.15) is 73.1 Å². The molecule has 0 bridgehead atoms. The maximum atomic E-state index is 12.8. The zero-order chi connectivity index (χ0) is 29.7. The Morgan fingerprint density at radius 1 is 1.07 bits per heavy atom. The van der Waals surface area contributed by atoms with E-state index in [1.54, 1.807) is 13.8 Å². The van der Waals surface area contributed by atoms with Crippen LogP contribution in [-0.2, 0) is 14.3 Å². The normalized spacial score (nSPS) is 17.9. The van der Waals surface area contributed by atoms with Gasteiger partial charge in [-0.25, -0.2) is 9.78 Å². The fourth-order valence-electron chi connectivity index (χ4n) is 5.43. The lowest BCUT2D eigenvalue weighted by molar-refractivity contribution is -0.122. The molecule has 1 fully saturated rings. The van der Waals surface area contributed by atoms with Crippen LogP contribution in [0.25, 0.3) is 16.7 Å². The van der Waals surface area contributed by atoms with Crippen LogP contribution in [0.4, 0.5) is 16.3 Å². The second-order valence-electron chi connectivity index (χ2n) is 11.7. The molecule has 1 aliphatic heterocycles. The number of carbonyl (C=O) groups excluding carboxylic acids is 2. The molecule has 1 saturated heterocycles. The number of ketones is 1.